The highest BCUT2D eigenvalue weighted by atomic mass is 15.2. The van der Waals surface area contributed by atoms with Crippen molar-refractivity contribution >= 4 is 5.84 Å². The van der Waals surface area contributed by atoms with Crippen LogP contribution in [0.5, 0.6) is 0 Å². The van der Waals surface area contributed by atoms with Crippen LogP contribution in [0.2, 0.25) is 0 Å². The third kappa shape index (κ3) is 4.49. The van der Waals surface area contributed by atoms with Crippen molar-refractivity contribution in [3.05, 3.63) is 0 Å². The normalized spacial score (nSPS) is 19.2. The van der Waals surface area contributed by atoms with Gasteiger partial charge in [-0.3, -0.25) is 5.41 Å². The molecule has 0 atom stereocenters. The first kappa shape index (κ1) is 13.5. The zero-order valence-corrected chi connectivity index (χ0v) is 10.7. The highest BCUT2D eigenvalue weighted by molar-refractivity contribution is 5.76. The molecule has 1 heterocycles. The average Bonchev–Trinajstić information content (AvgIpc) is 2.28. The molecule has 0 unspecified atom stereocenters. The number of hydrogen-bond donors (Lipinski definition) is 2. The summed E-state index contributed by atoms with van der Waals surface area (Å²) < 4.78 is 0. The van der Waals surface area contributed by atoms with Crippen molar-refractivity contribution in [2.45, 2.75) is 38.6 Å². The van der Waals surface area contributed by atoms with Gasteiger partial charge in [-0.05, 0) is 52.5 Å². The molecule has 4 nitrogen and oxygen atoms in total. The summed E-state index contributed by atoms with van der Waals surface area (Å²) >= 11 is 0. The van der Waals surface area contributed by atoms with E-state index in [1.54, 1.807) is 0 Å². The third-order valence-corrected chi connectivity index (χ3v) is 3.58. The molecule has 3 N–H and O–H groups in total. The SMILES string of the molecule is CCN1CCC(N(C)CCCC(=N)N)CC1. The highest BCUT2D eigenvalue weighted by Crippen LogP contribution is 2.15. The lowest BCUT2D eigenvalue weighted by Crippen LogP contribution is -2.43. The lowest BCUT2D eigenvalue weighted by Gasteiger charge is -2.36. The molecule has 0 saturated carbocycles. The minimum absolute atomic E-state index is 0.314. The first-order valence-electron chi connectivity index (χ1n) is 6.39. The number of piperidine rings is 1. The maximum atomic E-state index is 7.19. The van der Waals surface area contributed by atoms with E-state index in [9.17, 15) is 0 Å². The predicted octanol–water partition coefficient (Wildman–Crippen LogP) is 1.12. The fraction of sp³-hybridized carbons (Fsp3) is 0.917. The molecule has 0 aromatic heterocycles. The number of nitrogens with one attached hydrogen (secondary N) is 1. The van der Waals surface area contributed by atoms with Crippen molar-refractivity contribution in [1.82, 2.24) is 9.80 Å². The van der Waals surface area contributed by atoms with Gasteiger partial charge in [0.1, 0.15) is 0 Å². The molecular formula is C12H26N4. The van der Waals surface area contributed by atoms with Gasteiger partial charge in [-0.25, -0.2) is 0 Å². The zero-order chi connectivity index (χ0) is 12.0. The van der Waals surface area contributed by atoms with Crippen molar-refractivity contribution in [3.8, 4) is 0 Å². The molecule has 0 aliphatic carbocycles. The van der Waals surface area contributed by atoms with E-state index in [1.165, 1.54) is 32.5 Å². The Morgan fingerprint density at radius 3 is 2.56 bits per heavy atom. The topological polar surface area (TPSA) is 56.4 Å². The maximum absolute atomic E-state index is 7.19. The molecule has 94 valence electrons. The number of likely N-dealkylation sites (tertiary alicyclic amines) is 1. The van der Waals surface area contributed by atoms with Gasteiger partial charge < -0.3 is 15.5 Å². The van der Waals surface area contributed by atoms with Crippen LogP contribution >= 0.6 is 0 Å². The molecule has 4 heteroatoms. The lowest BCUT2D eigenvalue weighted by molar-refractivity contribution is 0.131. The summed E-state index contributed by atoms with van der Waals surface area (Å²) in [6.07, 6.45) is 4.31. The molecule has 1 saturated heterocycles. The Balaban J connectivity index is 2.17. The molecule has 1 aliphatic rings. The highest BCUT2D eigenvalue weighted by Gasteiger charge is 2.20. The van der Waals surface area contributed by atoms with Gasteiger partial charge in [0.15, 0.2) is 0 Å². The number of rotatable bonds is 6. The smallest absolute Gasteiger partial charge is 0.0905 e. The molecule has 16 heavy (non-hydrogen) atoms. The Labute approximate surface area is 99.3 Å². The summed E-state index contributed by atoms with van der Waals surface area (Å²) in [7, 11) is 2.20. The van der Waals surface area contributed by atoms with Crippen LogP contribution in [0.1, 0.15) is 32.6 Å². The zero-order valence-electron chi connectivity index (χ0n) is 10.7. The monoisotopic (exact) mass is 226 g/mol. The minimum atomic E-state index is 0.314. The van der Waals surface area contributed by atoms with Crippen molar-refractivity contribution in [1.29, 1.82) is 5.41 Å². The molecule has 0 bridgehead atoms. The summed E-state index contributed by atoms with van der Waals surface area (Å²) in [6, 6.07) is 0.731. The molecule has 1 aliphatic heterocycles. The second-order valence-corrected chi connectivity index (χ2v) is 4.77. The Morgan fingerprint density at radius 2 is 2.06 bits per heavy atom. The van der Waals surface area contributed by atoms with E-state index in [2.05, 4.69) is 23.8 Å². The van der Waals surface area contributed by atoms with Crippen molar-refractivity contribution in [2.75, 3.05) is 33.2 Å². The van der Waals surface area contributed by atoms with Crippen LogP contribution in [0.25, 0.3) is 0 Å². The van der Waals surface area contributed by atoms with Crippen LogP contribution in [0, 0.1) is 5.41 Å². The van der Waals surface area contributed by atoms with Gasteiger partial charge in [-0.2, -0.15) is 0 Å². The van der Waals surface area contributed by atoms with Gasteiger partial charge in [-0.15, -0.1) is 0 Å². The van der Waals surface area contributed by atoms with E-state index in [-0.39, 0.29) is 0 Å². The van der Waals surface area contributed by atoms with Gasteiger partial charge >= 0.3 is 0 Å². The van der Waals surface area contributed by atoms with E-state index in [1.807, 2.05) is 0 Å². The quantitative estimate of drug-likeness (QED) is 0.527. The van der Waals surface area contributed by atoms with E-state index >= 15 is 0 Å². The average molecular weight is 226 g/mol. The van der Waals surface area contributed by atoms with Crippen molar-refractivity contribution < 1.29 is 0 Å². The second-order valence-electron chi connectivity index (χ2n) is 4.77. The van der Waals surface area contributed by atoms with E-state index in [4.69, 9.17) is 11.1 Å². The third-order valence-electron chi connectivity index (χ3n) is 3.58. The van der Waals surface area contributed by atoms with Crippen LogP contribution in [-0.2, 0) is 0 Å². The first-order valence-corrected chi connectivity index (χ1v) is 6.39. The fourth-order valence-corrected chi connectivity index (χ4v) is 2.38. The minimum Gasteiger partial charge on any atom is -0.388 e. The lowest BCUT2D eigenvalue weighted by atomic mass is 10.0. The fourth-order valence-electron chi connectivity index (χ4n) is 2.38. The van der Waals surface area contributed by atoms with Crippen LogP contribution in [0.4, 0.5) is 0 Å². The molecule has 0 spiro atoms. The standard InChI is InChI=1S/C12H26N4/c1-3-16-9-6-11(7-10-16)15(2)8-4-5-12(13)14/h11H,3-10H2,1-2H3,(H3,13,14). The largest absolute Gasteiger partial charge is 0.388 e. The molecule has 0 aromatic carbocycles. The maximum Gasteiger partial charge on any atom is 0.0905 e. The number of amidine groups is 1. The predicted molar refractivity (Wildman–Crippen MR) is 68.9 cm³/mol. The molecule has 0 aromatic rings. The second kappa shape index (κ2) is 6.86. The summed E-state index contributed by atoms with van der Waals surface area (Å²) in [4.78, 5) is 4.95. The van der Waals surface area contributed by atoms with Gasteiger partial charge in [0.2, 0.25) is 0 Å². The van der Waals surface area contributed by atoms with Crippen LogP contribution in [0.15, 0.2) is 0 Å². The summed E-state index contributed by atoms with van der Waals surface area (Å²) in [5, 5.41) is 7.19. The summed E-state index contributed by atoms with van der Waals surface area (Å²) in [5.41, 5.74) is 5.35. The summed E-state index contributed by atoms with van der Waals surface area (Å²) in [6.45, 7) is 6.95. The molecule has 1 fully saturated rings. The van der Waals surface area contributed by atoms with Crippen molar-refractivity contribution in [2.24, 2.45) is 5.73 Å². The van der Waals surface area contributed by atoms with Crippen molar-refractivity contribution in [3.63, 3.8) is 0 Å². The Hall–Kier alpha value is -0.610. The summed E-state index contributed by atoms with van der Waals surface area (Å²) in [5.74, 6) is 0.314. The molecule has 0 radical (unpaired) electrons. The molecule has 0 amide bonds. The number of hydrogen-bond acceptors (Lipinski definition) is 3. The van der Waals surface area contributed by atoms with Gasteiger partial charge in [-0.1, -0.05) is 6.92 Å². The van der Waals surface area contributed by atoms with E-state index in [0.29, 0.717) is 5.84 Å². The Kier molecular flexibility index (Phi) is 5.77. The van der Waals surface area contributed by atoms with E-state index < -0.39 is 0 Å². The van der Waals surface area contributed by atoms with Crippen LogP contribution in [0.3, 0.4) is 0 Å². The van der Waals surface area contributed by atoms with Gasteiger partial charge in [0, 0.05) is 12.5 Å². The molecular weight excluding hydrogens is 200 g/mol. The Bertz CT molecular complexity index is 209. The Morgan fingerprint density at radius 1 is 1.44 bits per heavy atom. The number of nitrogens with zero attached hydrogens (tertiary/aromatic N) is 2. The number of nitrogens with two attached hydrogens (primary N) is 1. The van der Waals surface area contributed by atoms with Gasteiger partial charge in [0.25, 0.3) is 0 Å². The van der Waals surface area contributed by atoms with Crippen LogP contribution in [-0.4, -0.2) is 54.9 Å². The van der Waals surface area contributed by atoms with Crippen LogP contribution < -0.4 is 5.73 Å². The van der Waals surface area contributed by atoms with Gasteiger partial charge in [0.05, 0.1) is 5.84 Å². The van der Waals surface area contributed by atoms with E-state index in [0.717, 1.165) is 25.4 Å². The first-order chi connectivity index (χ1) is 7.63. The molecule has 1 rings (SSSR count).